The Hall–Kier alpha value is -1.94. The summed E-state index contributed by atoms with van der Waals surface area (Å²) in [6.07, 6.45) is 1.51. The number of anilines is 1. The van der Waals surface area contributed by atoms with Crippen molar-refractivity contribution >= 4 is 55.4 Å². The molecule has 0 atom stereocenters. The number of nitrogens with one attached hydrogen (secondary N) is 1. The van der Waals surface area contributed by atoms with Gasteiger partial charge in [-0.15, -0.1) is 10.2 Å². The van der Waals surface area contributed by atoms with Gasteiger partial charge in [-0.3, -0.25) is 10.1 Å². The van der Waals surface area contributed by atoms with E-state index in [2.05, 4.69) is 15.5 Å². The second-order valence-corrected chi connectivity index (χ2v) is 9.06. The van der Waals surface area contributed by atoms with Crippen molar-refractivity contribution in [2.24, 2.45) is 0 Å². The minimum Gasteiger partial charge on any atom is -0.459 e. The number of benzene rings is 1. The van der Waals surface area contributed by atoms with Gasteiger partial charge in [0.05, 0.1) is 21.9 Å². The lowest BCUT2D eigenvalue weighted by Crippen LogP contribution is -2.10. The molecule has 3 aromatic rings. The first-order valence-corrected chi connectivity index (χ1v) is 10.4. The fourth-order valence-electron chi connectivity index (χ4n) is 2.02. The van der Waals surface area contributed by atoms with Gasteiger partial charge in [0.25, 0.3) is 5.91 Å². The Balaban J connectivity index is 1.66. The summed E-state index contributed by atoms with van der Waals surface area (Å²) in [5.41, 5.74) is 0. The van der Waals surface area contributed by atoms with Crippen molar-refractivity contribution in [3.05, 3.63) is 57.4 Å². The van der Waals surface area contributed by atoms with Crippen LogP contribution in [0, 0.1) is 0 Å². The maximum atomic E-state index is 12.4. The zero-order chi connectivity index (χ0) is 18.7. The monoisotopic (exact) mass is 431 g/mol. The summed E-state index contributed by atoms with van der Waals surface area (Å²) < 4.78 is 29.9. The van der Waals surface area contributed by atoms with Crippen LogP contribution < -0.4 is 5.32 Å². The fraction of sp³-hybridized carbons (Fsp3) is 0.133. The Labute approximate surface area is 162 Å². The molecule has 0 unspecified atom stereocenters. The van der Waals surface area contributed by atoms with E-state index in [1.165, 1.54) is 30.5 Å². The molecule has 0 spiro atoms. The van der Waals surface area contributed by atoms with E-state index in [9.17, 15) is 13.2 Å². The van der Waals surface area contributed by atoms with Crippen molar-refractivity contribution in [2.45, 2.75) is 11.3 Å². The second-order valence-electron chi connectivity index (χ2n) is 5.08. The molecule has 3 rings (SSSR count). The van der Waals surface area contributed by atoms with E-state index < -0.39 is 15.7 Å². The summed E-state index contributed by atoms with van der Waals surface area (Å²) in [7, 11) is -3.64. The number of carbonyl (C=O) groups excluding carboxylic acids is 1. The van der Waals surface area contributed by atoms with Gasteiger partial charge in [0.1, 0.15) is 5.01 Å². The number of carbonyl (C=O) groups is 1. The van der Waals surface area contributed by atoms with Crippen LogP contribution in [0.2, 0.25) is 10.0 Å². The minimum atomic E-state index is -3.64. The molecule has 1 aromatic carbocycles. The Morgan fingerprint density at radius 2 is 2.04 bits per heavy atom. The number of hydrogen-bond donors (Lipinski definition) is 1. The van der Waals surface area contributed by atoms with Gasteiger partial charge in [0.2, 0.25) is 5.13 Å². The molecule has 1 amide bonds. The topological polar surface area (TPSA) is 102 Å². The largest absolute Gasteiger partial charge is 0.459 e. The number of furan rings is 1. The van der Waals surface area contributed by atoms with E-state index in [-0.39, 0.29) is 38.0 Å². The van der Waals surface area contributed by atoms with E-state index in [0.717, 1.165) is 11.3 Å². The van der Waals surface area contributed by atoms with Crippen LogP contribution in [0.5, 0.6) is 0 Å². The molecule has 0 fully saturated rings. The van der Waals surface area contributed by atoms with E-state index in [4.69, 9.17) is 27.6 Å². The van der Waals surface area contributed by atoms with Crippen molar-refractivity contribution in [3.8, 4) is 0 Å². The van der Waals surface area contributed by atoms with Crippen LogP contribution >= 0.6 is 34.5 Å². The molecule has 0 saturated carbocycles. The molecule has 11 heteroatoms. The smallest absolute Gasteiger partial charge is 0.293 e. The van der Waals surface area contributed by atoms with Gasteiger partial charge in [-0.05, 0) is 30.3 Å². The summed E-state index contributed by atoms with van der Waals surface area (Å²) in [6, 6.07) is 7.37. The molecule has 1 N–H and O–H groups in total. The average molecular weight is 432 g/mol. The predicted molar refractivity (Wildman–Crippen MR) is 98.8 cm³/mol. The van der Waals surface area contributed by atoms with E-state index in [0.29, 0.717) is 5.01 Å². The Morgan fingerprint density at radius 3 is 2.77 bits per heavy atom. The van der Waals surface area contributed by atoms with Crippen LogP contribution in [0.3, 0.4) is 0 Å². The summed E-state index contributed by atoms with van der Waals surface area (Å²) in [5.74, 6) is -0.538. The highest BCUT2D eigenvalue weighted by Crippen LogP contribution is 2.27. The molecule has 2 aromatic heterocycles. The van der Waals surface area contributed by atoms with Gasteiger partial charge >= 0.3 is 0 Å². The SMILES string of the molecule is O=C(Nc1nnc(CCS(=O)(=O)c2cc(Cl)ccc2Cl)s1)c1ccco1. The quantitative estimate of drug-likeness (QED) is 0.637. The molecule has 0 bridgehead atoms. The molecule has 0 radical (unpaired) electrons. The number of amides is 1. The normalized spacial score (nSPS) is 11.5. The minimum absolute atomic E-state index is 0.0254. The molecule has 0 aliphatic heterocycles. The van der Waals surface area contributed by atoms with Gasteiger partial charge in [0, 0.05) is 11.4 Å². The van der Waals surface area contributed by atoms with E-state index in [1.54, 1.807) is 6.07 Å². The molecule has 136 valence electrons. The van der Waals surface area contributed by atoms with Gasteiger partial charge < -0.3 is 4.42 Å². The van der Waals surface area contributed by atoms with Crippen LogP contribution in [0.25, 0.3) is 0 Å². The molecule has 2 heterocycles. The van der Waals surface area contributed by atoms with E-state index in [1.807, 2.05) is 0 Å². The molecular formula is C15H11Cl2N3O4S2. The Morgan fingerprint density at radius 1 is 1.23 bits per heavy atom. The number of aryl methyl sites for hydroxylation is 1. The first kappa shape index (κ1) is 18.8. The summed E-state index contributed by atoms with van der Waals surface area (Å²) in [6.45, 7) is 0. The molecule has 0 aliphatic rings. The third kappa shape index (κ3) is 4.42. The number of aromatic nitrogens is 2. The molecular weight excluding hydrogens is 421 g/mol. The highest BCUT2D eigenvalue weighted by atomic mass is 35.5. The Kier molecular flexibility index (Phi) is 5.61. The summed E-state index contributed by atoms with van der Waals surface area (Å²) in [5, 5.41) is 11.3. The standard InChI is InChI=1S/C15H11Cl2N3O4S2/c16-9-3-4-10(17)12(8-9)26(22,23)7-5-13-19-20-15(25-13)18-14(21)11-2-1-6-24-11/h1-4,6,8H,5,7H2,(H,18,20,21). The molecule has 0 aliphatic carbocycles. The van der Waals surface area contributed by atoms with Crippen molar-refractivity contribution in [2.75, 3.05) is 11.1 Å². The van der Waals surface area contributed by atoms with Crippen molar-refractivity contribution in [3.63, 3.8) is 0 Å². The van der Waals surface area contributed by atoms with Crippen LogP contribution in [0.15, 0.2) is 45.9 Å². The lowest BCUT2D eigenvalue weighted by Gasteiger charge is -2.05. The first-order chi connectivity index (χ1) is 12.3. The molecule has 26 heavy (non-hydrogen) atoms. The summed E-state index contributed by atoms with van der Waals surface area (Å²) >= 11 is 12.9. The maximum Gasteiger partial charge on any atom is 0.293 e. The van der Waals surface area contributed by atoms with Gasteiger partial charge in [-0.2, -0.15) is 0 Å². The molecule has 0 saturated heterocycles. The highest BCUT2D eigenvalue weighted by molar-refractivity contribution is 7.91. The Bertz CT molecular complexity index is 1030. The third-order valence-electron chi connectivity index (χ3n) is 3.25. The van der Waals surface area contributed by atoms with Crippen LogP contribution in [-0.2, 0) is 16.3 Å². The van der Waals surface area contributed by atoms with Gasteiger partial charge in [0.15, 0.2) is 15.6 Å². The fourth-order valence-corrected chi connectivity index (χ4v) is 4.94. The van der Waals surface area contributed by atoms with Gasteiger partial charge in [-0.1, -0.05) is 34.5 Å². The predicted octanol–water partition coefficient (Wildman–Crippen LogP) is 3.71. The number of rotatable bonds is 6. The van der Waals surface area contributed by atoms with Crippen LogP contribution in [-0.4, -0.2) is 30.3 Å². The van der Waals surface area contributed by atoms with Gasteiger partial charge in [-0.25, -0.2) is 8.42 Å². The zero-order valence-corrected chi connectivity index (χ0v) is 16.1. The third-order valence-corrected chi connectivity index (χ3v) is 6.57. The first-order valence-electron chi connectivity index (χ1n) is 7.20. The lowest BCUT2D eigenvalue weighted by atomic mass is 10.4. The van der Waals surface area contributed by atoms with Crippen molar-refractivity contribution in [1.82, 2.24) is 10.2 Å². The van der Waals surface area contributed by atoms with Crippen LogP contribution in [0.4, 0.5) is 5.13 Å². The number of hydrogen-bond acceptors (Lipinski definition) is 7. The second kappa shape index (κ2) is 7.75. The molecule has 7 nitrogen and oxygen atoms in total. The zero-order valence-electron chi connectivity index (χ0n) is 13.0. The van der Waals surface area contributed by atoms with Crippen molar-refractivity contribution < 1.29 is 17.6 Å². The average Bonchev–Trinajstić information content (AvgIpc) is 3.27. The summed E-state index contributed by atoms with van der Waals surface area (Å²) in [4.78, 5) is 11.8. The maximum absolute atomic E-state index is 12.4. The number of halogens is 2. The number of sulfone groups is 1. The number of nitrogens with zero attached hydrogens (tertiary/aromatic N) is 2. The van der Waals surface area contributed by atoms with Crippen molar-refractivity contribution in [1.29, 1.82) is 0 Å². The lowest BCUT2D eigenvalue weighted by molar-refractivity contribution is 0.0996. The van der Waals surface area contributed by atoms with E-state index >= 15 is 0 Å². The highest BCUT2D eigenvalue weighted by Gasteiger charge is 2.20. The van der Waals surface area contributed by atoms with Crippen LogP contribution in [0.1, 0.15) is 15.6 Å².